The maximum atomic E-state index is 9.71. The minimum atomic E-state index is -0.435. The van der Waals surface area contributed by atoms with Crippen LogP contribution in [0.2, 0.25) is 0 Å². The van der Waals surface area contributed by atoms with E-state index >= 15 is 0 Å². The molecular formula is C24H21N5OS. The highest BCUT2D eigenvalue weighted by atomic mass is 32.1. The second-order valence-electron chi connectivity index (χ2n) is 8.42. The molecule has 0 spiro atoms. The van der Waals surface area contributed by atoms with E-state index in [-0.39, 0.29) is 6.10 Å². The van der Waals surface area contributed by atoms with Crippen LogP contribution < -0.4 is 5.73 Å². The van der Waals surface area contributed by atoms with E-state index < -0.39 is 5.54 Å². The molecule has 0 radical (unpaired) electrons. The molecule has 5 aromatic rings. The van der Waals surface area contributed by atoms with Crippen molar-refractivity contribution in [2.75, 3.05) is 0 Å². The molecule has 1 aromatic carbocycles. The van der Waals surface area contributed by atoms with Gasteiger partial charge < -0.3 is 10.8 Å². The van der Waals surface area contributed by atoms with Crippen molar-refractivity contribution in [3.05, 3.63) is 70.7 Å². The highest BCUT2D eigenvalue weighted by Crippen LogP contribution is 2.40. The van der Waals surface area contributed by atoms with E-state index in [0.29, 0.717) is 12.8 Å². The van der Waals surface area contributed by atoms with Gasteiger partial charge in [0.1, 0.15) is 0 Å². The predicted molar refractivity (Wildman–Crippen MR) is 123 cm³/mol. The number of aromatic nitrogens is 4. The Morgan fingerprint density at radius 2 is 1.94 bits per heavy atom. The van der Waals surface area contributed by atoms with Crippen molar-refractivity contribution < 1.29 is 5.11 Å². The summed E-state index contributed by atoms with van der Waals surface area (Å²) in [7, 11) is 0. The molecule has 0 bridgehead atoms. The van der Waals surface area contributed by atoms with Gasteiger partial charge in [-0.1, -0.05) is 24.3 Å². The number of aliphatic hydroxyl groups is 1. The molecule has 0 atom stereocenters. The molecule has 0 amide bonds. The third kappa shape index (κ3) is 2.96. The number of benzene rings is 1. The van der Waals surface area contributed by atoms with Crippen molar-refractivity contribution in [3.63, 3.8) is 0 Å². The van der Waals surface area contributed by atoms with Crippen molar-refractivity contribution in [2.45, 2.75) is 31.4 Å². The number of hydrogen-bond acceptors (Lipinski definition) is 6. The first-order chi connectivity index (χ1) is 15.0. The number of aryl methyl sites for hydroxylation is 1. The average Bonchev–Trinajstić information content (AvgIpc) is 3.41. The lowest BCUT2D eigenvalue weighted by atomic mass is 9.70. The number of hydrogen-bond donors (Lipinski definition) is 2. The standard InChI is InChI=1S/C24H21N5OS/c1-14-8-21-26-12-17-9-20(16-6-7-31-13-16)22(27-23(17)29(21)28-14)15-2-4-18(5-3-15)24(25)10-19(30)11-24/h2-9,12-13,19,30H,10-11,25H2,1H3. The summed E-state index contributed by atoms with van der Waals surface area (Å²) in [6.07, 6.45) is 2.77. The lowest BCUT2D eigenvalue weighted by Crippen LogP contribution is -2.51. The molecule has 154 valence electrons. The second kappa shape index (κ2) is 6.68. The van der Waals surface area contributed by atoms with Gasteiger partial charge in [0.05, 0.1) is 17.5 Å². The van der Waals surface area contributed by atoms with E-state index in [4.69, 9.17) is 10.7 Å². The van der Waals surface area contributed by atoms with Gasteiger partial charge in [-0.3, -0.25) is 0 Å². The average molecular weight is 428 g/mol. The Labute approximate surface area is 183 Å². The predicted octanol–water partition coefficient (Wildman–Crippen LogP) is 4.29. The number of aliphatic hydroxyl groups excluding tert-OH is 1. The van der Waals surface area contributed by atoms with Gasteiger partial charge >= 0.3 is 0 Å². The van der Waals surface area contributed by atoms with Gasteiger partial charge in [0.2, 0.25) is 0 Å². The maximum absolute atomic E-state index is 9.71. The van der Waals surface area contributed by atoms with Gasteiger partial charge in [0.25, 0.3) is 0 Å². The van der Waals surface area contributed by atoms with Crippen LogP contribution in [0, 0.1) is 6.92 Å². The van der Waals surface area contributed by atoms with Gasteiger partial charge in [-0.15, -0.1) is 0 Å². The van der Waals surface area contributed by atoms with Crippen LogP contribution in [0.5, 0.6) is 0 Å². The molecule has 4 heterocycles. The molecule has 6 rings (SSSR count). The van der Waals surface area contributed by atoms with Crippen molar-refractivity contribution >= 4 is 28.0 Å². The summed E-state index contributed by atoms with van der Waals surface area (Å²) in [5, 5.41) is 19.5. The molecule has 1 aliphatic carbocycles. The van der Waals surface area contributed by atoms with Crippen LogP contribution in [0.15, 0.2) is 59.4 Å². The summed E-state index contributed by atoms with van der Waals surface area (Å²) in [5.74, 6) is 0. The largest absolute Gasteiger partial charge is 0.393 e. The molecule has 6 nitrogen and oxygen atoms in total. The third-order valence-corrected chi connectivity index (χ3v) is 6.83. The fraction of sp³-hybridized carbons (Fsp3) is 0.208. The van der Waals surface area contributed by atoms with Crippen molar-refractivity contribution in [1.29, 1.82) is 0 Å². The van der Waals surface area contributed by atoms with E-state index in [1.54, 1.807) is 11.3 Å². The minimum absolute atomic E-state index is 0.300. The number of rotatable bonds is 3. The zero-order chi connectivity index (χ0) is 21.2. The van der Waals surface area contributed by atoms with Gasteiger partial charge in [-0.25, -0.2) is 9.97 Å². The number of nitrogens with two attached hydrogens (primary N) is 1. The molecule has 31 heavy (non-hydrogen) atoms. The van der Waals surface area contributed by atoms with E-state index in [1.807, 2.05) is 23.7 Å². The van der Waals surface area contributed by atoms with E-state index in [0.717, 1.165) is 50.3 Å². The molecule has 1 saturated carbocycles. The monoisotopic (exact) mass is 427 g/mol. The van der Waals surface area contributed by atoms with Crippen molar-refractivity contribution in [3.8, 4) is 22.4 Å². The Morgan fingerprint density at radius 1 is 1.13 bits per heavy atom. The summed E-state index contributed by atoms with van der Waals surface area (Å²) in [6, 6.07) is 14.5. The van der Waals surface area contributed by atoms with Crippen LogP contribution in [-0.2, 0) is 5.54 Å². The summed E-state index contributed by atoms with van der Waals surface area (Å²) in [4.78, 5) is 9.62. The van der Waals surface area contributed by atoms with Crippen LogP contribution in [0.3, 0.4) is 0 Å². The summed E-state index contributed by atoms with van der Waals surface area (Å²) in [6.45, 7) is 1.96. The SMILES string of the molecule is Cc1cc2ncc3cc(-c4ccsc4)c(-c4ccc(C5(N)CC(O)C5)cc4)nc3n2n1. The first-order valence-electron chi connectivity index (χ1n) is 10.3. The van der Waals surface area contributed by atoms with Crippen LogP contribution in [0.25, 0.3) is 39.1 Å². The zero-order valence-corrected chi connectivity index (χ0v) is 17.8. The lowest BCUT2D eigenvalue weighted by molar-refractivity contribution is 0.0209. The fourth-order valence-corrected chi connectivity index (χ4v) is 5.14. The van der Waals surface area contributed by atoms with Gasteiger partial charge in [-0.2, -0.15) is 21.0 Å². The summed E-state index contributed by atoms with van der Waals surface area (Å²) in [5.41, 5.74) is 13.7. The molecule has 0 aliphatic heterocycles. The number of nitrogens with zero attached hydrogens (tertiary/aromatic N) is 4. The number of thiophene rings is 1. The molecule has 1 aliphatic rings. The highest BCUT2D eigenvalue weighted by molar-refractivity contribution is 7.08. The Hall–Kier alpha value is -3.13. The topological polar surface area (TPSA) is 89.3 Å². The van der Waals surface area contributed by atoms with Gasteiger partial charge in [-0.05, 0) is 53.8 Å². The van der Waals surface area contributed by atoms with E-state index in [1.165, 1.54) is 0 Å². The Balaban J connectivity index is 1.55. The summed E-state index contributed by atoms with van der Waals surface area (Å²) < 4.78 is 1.81. The minimum Gasteiger partial charge on any atom is -0.393 e. The van der Waals surface area contributed by atoms with Crippen LogP contribution in [0.1, 0.15) is 24.1 Å². The normalized spacial score (nSPS) is 20.9. The Bertz CT molecular complexity index is 1420. The molecule has 4 aromatic heterocycles. The lowest BCUT2D eigenvalue weighted by Gasteiger charge is -2.42. The van der Waals surface area contributed by atoms with Crippen LogP contribution in [0.4, 0.5) is 0 Å². The summed E-state index contributed by atoms with van der Waals surface area (Å²) >= 11 is 1.67. The molecule has 7 heteroatoms. The first kappa shape index (κ1) is 18.6. The van der Waals surface area contributed by atoms with Crippen LogP contribution in [-0.4, -0.2) is 30.8 Å². The Morgan fingerprint density at radius 3 is 2.65 bits per heavy atom. The fourth-order valence-electron chi connectivity index (χ4n) is 4.49. The Kier molecular flexibility index (Phi) is 4.02. The van der Waals surface area contributed by atoms with Gasteiger partial charge in [0.15, 0.2) is 11.3 Å². The molecular weight excluding hydrogens is 406 g/mol. The molecule has 3 N–H and O–H groups in total. The maximum Gasteiger partial charge on any atom is 0.165 e. The quantitative estimate of drug-likeness (QED) is 0.448. The number of pyridine rings is 1. The highest BCUT2D eigenvalue weighted by Gasteiger charge is 2.41. The van der Waals surface area contributed by atoms with Crippen molar-refractivity contribution in [2.24, 2.45) is 5.73 Å². The van der Waals surface area contributed by atoms with Crippen molar-refractivity contribution in [1.82, 2.24) is 19.6 Å². The second-order valence-corrected chi connectivity index (χ2v) is 9.20. The van der Waals surface area contributed by atoms with E-state index in [9.17, 15) is 5.11 Å². The third-order valence-electron chi connectivity index (χ3n) is 6.15. The molecule has 0 unspecified atom stereocenters. The first-order valence-corrected chi connectivity index (χ1v) is 11.2. The molecule has 0 saturated heterocycles. The van der Waals surface area contributed by atoms with Crippen LogP contribution >= 0.6 is 11.3 Å². The van der Waals surface area contributed by atoms with E-state index in [2.05, 4.69) is 57.2 Å². The van der Waals surface area contributed by atoms with Gasteiger partial charge in [0, 0.05) is 34.3 Å². The smallest absolute Gasteiger partial charge is 0.165 e. The molecule has 1 fully saturated rings. The number of fused-ring (bicyclic) bond motifs is 3. The zero-order valence-electron chi connectivity index (χ0n) is 17.0.